The van der Waals surface area contributed by atoms with Crippen molar-refractivity contribution in [2.45, 2.75) is 78.4 Å². The molecule has 0 aromatic heterocycles. The van der Waals surface area contributed by atoms with Gasteiger partial charge in [0.2, 0.25) is 17.7 Å². The molecule has 5 N–H and O–H groups in total. The number of nitrogens with two attached hydrogens (primary N) is 1. The predicted octanol–water partition coefficient (Wildman–Crippen LogP) is 0.491. The lowest BCUT2D eigenvalue weighted by atomic mass is 9.99. The highest BCUT2D eigenvalue weighted by molar-refractivity contribution is 5.92. The van der Waals surface area contributed by atoms with Crippen molar-refractivity contribution in [3.05, 3.63) is 0 Å². The number of carbonyl (C=O) groups is 4. The van der Waals surface area contributed by atoms with Gasteiger partial charge in [-0.05, 0) is 44.1 Å². The number of nitrogens with one attached hydrogen (secondary N) is 3. The van der Waals surface area contributed by atoms with E-state index in [-0.39, 0.29) is 17.7 Å². The van der Waals surface area contributed by atoms with E-state index in [0.717, 1.165) is 12.8 Å². The van der Waals surface area contributed by atoms with Crippen molar-refractivity contribution in [1.82, 2.24) is 16.0 Å². The molecule has 0 aromatic carbocycles. The monoisotopic (exact) mass is 384 g/mol. The van der Waals surface area contributed by atoms with E-state index >= 15 is 0 Å². The second-order valence-electron chi connectivity index (χ2n) is 7.65. The summed E-state index contributed by atoms with van der Waals surface area (Å²) >= 11 is 0. The van der Waals surface area contributed by atoms with E-state index in [0.29, 0.717) is 25.7 Å². The normalized spacial score (nSPS) is 14.4. The van der Waals surface area contributed by atoms with Gasteiger partial charge in [0, 0.05) is 6.92 Å². The third-order valence-electron chi connectivity index (χ3n) is 4.11. The molecule has 0 saturated carbocycles. The first-order chi connectivity index (χ1) is 12.6. The highest BCUT2D eigenvalue weighted by Gasteiger charge is 2.29. The number of unbranched alkanes of at least 4 members (excludes halogenated alkanes) is 1. The fourth-order valence-electron chi connectivity index (χ4n) is 2.69. The van der Waals surface area contributed by atoms with Gasteiger partial charge in [-0.2, -0.15) is 0 Å². The topological polar surface area (TPSA) is 130 Å². The van der Waals surface area contributed by atoms with Crippen LogP contribution in [0.3, 0.4) is 0 Å². The zero-order valence-electron chi connectivity index (χ0n) is 17.2. The van der Waals surface area contributed by atoms with E-state index in [9.17, 15) is 19.2 Å². The van der Waals surface area contributed by atoms with E-state index in [4.69, 9.17) is 5.73 Å². The summed E-state index contributed by atoms with van der Waals surface area (Å²) in [6.07, 6.45) is 3.18. The molecule has 0 saturated heterocycles. The van der Waals surface area contributed by atoms with Crippen LogP contribution in [-0.4, -0.2) is 48.7 Å². The number of rotatable bonds is 13. The summed E-state index contributed by atoms with van der Waals surface area (Å²) in [5.74, 6) is -1.10. The lowest BCUT2D eigenvalue weighted by Crippen LogP contribution is -2.56. The molecule has 3 amide bonds. The molecule has 0 aliphatic rings. The predicted molar refractivity (Wildman–Crippen MR) is 105 cm³/mol. The number of hydrogen-bond donors (Lipinski definition) is 4. The molecule has 3 atom stereocenters. The number of hydrogen-bond acceptors (Lipinski definition) is 5. The molecule has 8 nitrogen and oxygen atoms in total. The smallest absolute Gasteiger partial charge is 0.243 e. The van der Waals surface area contributed by atoms with E-state index in [1.54, 1.807) is 0 Å². The van der Waals surface area contributed by atoms with Crippen LogP contribution < -0.4 is 21.7 Å². The molecular formula is C19H36N4O4. The van der Waals surface area contributed by atoms with Crippen LogP contribution in [0.1, 0.15) is 60.3 Å². The third kappa shape index (κ3) is 10.7. The maximum Gasteiger partial charge on any atom is 0.243 e. The molecule has 0 unspecified atom stereocenters. The van der Waals surface area contributed by atoms with Gasteiger partial charge in [0.05, 0.1) is 6.04 Å². The van der Waals surface area contributed by atoms with Crippen LogP contribution >= 0.6 is 0 Å². The molecule has 0 spiro atoms. The Bertz CT molecular complexity index is 494. The molecule has 0 aromatic rings. The Labute approximate surface area is 162 Å². The minimum absolute atomic E-state index is 0.178. The summed E-state index contributed by atoms with van der Waals surface area (Å²) in [6, 6.07) is -2.11. The fourth-order valence-corrected chi connectivity index (χ4v) is 2.69. The second kappa shape index (κ2) is 13.2. The van der Waals surface area contributed by atoms with Crippen LogP contribution in [0.4, 0.5) is 0 Å². The number of amides is 3. The van der Waals surface area contributed by atoms with Gasteiger partial charge in [-0.3, -0.25) is 14.4 Å². The van der Waals surface area contributed by atoms with Gasteiger partial charge in [0.25, 0.3) is 0 Å². The van der Waals surface area contributed by atoms with Crippen molar-refractivity contribution in [1.29, 1.82) is 0 Å². The minimum atomic E-state index is -0.794. The third-order valence-corrected chi connectivity index (χ3v) is 4.11. The summed E-state index contributed by atoms with van der Waals surface area (Å²) in [4.78, 5) is 47.8. The average molecular weight is 385 g/mol. The zero-order chi connectivity index (χ0) is 21.0. The summed E-state index contributed by atoms with van der Waals surface area (Å²) < 4.78 is 0. The Morgan fingerprint density at radius 1 is 0.963 bits per heavy atom. The highest BCUT2D eigenvalue weighted by atomic mass is 16.2. The van der Waals surface area contributed by atoms with Crippen molar-refractivity contribution in [2.75, 3.05) is 6.54 Å². The van der Waals surface area contributed by atoms with Gasteiger partial charge in [-0.1, -0.05) is 27.7 Å². The molecule has 0 aliphatic carbocycles. The Kier molecular flexibility index (Phi) is 12.3. The Hall–Kier alpha value is -1.96. The van der Waals surface area contributed by atoms with Crippen molar-refractivity contribution in [3.63, 3.8) is 0 Å². The summed E-state index contributed by atoms with van der Waals surface area (Å²) in [6.45, 7) is 9.40. The average Bonchev–Trinajstić information content (AvgIpc) is 2.56. The molecule has 0 fully saturated rings. The van der Waals surface area contributed by atoms with Gasteiger partial charge in [-0.25, -0.2) is 0 Å². The lowest BCUT2D eigenvalue weighted by molar-refractivity contribution is -0.133. The van der Waals surface area contributed by atoms with E-state index in [1.807, 2.05) is 27.7 Å². The van der Waals surface area contributed by atoms with E-state index in [2.05, 4.69) is 16.0 Å². The minimum Gasteiger partial charge on any atom is -0.345 e. The van der Waals surface area contributed by atoms with Gasteiger partial charge in [-0.15, -0.1) is 0 Å². The van der Waals surface area contributed by atoms with Crippen molar-refractivity contribution < 1.29 is 19.2 Å². The molecule has 0 heterocycles. The molecule has 27 heavy (non-hydrogen) atoms. The molecule has 0 radical (unpaired) electrons. The van der Waals surface area contributed by atoms with E-state index < -0.39 is 29.9 Å². The van der Waals surface area contributed by atoms with Gasteiger partial charge in [0.1, 0.15) is 18.4 Å². The largest absolute Gasteiger partial charge is 0.345 e. The zero-order valence-corrected chi connectivity index (χ0v) is 17.2. The Morgan fingerprint density at radius 2 is 1.59 bits per heavy atom. The number of carbonyl (C=O) groups excluding carboxylic acids is 4. The van der Waals surface area contributed by atoms with Crippen LogP contribution in [0, 0.1) is 11.8 Å². The van der Waals surface area contributed by atoms with Gasteiger partial charge < -0.3 is 26.5 Å². The molecule has 0 aliphatic heterocycles. The quantitative estimate of drug-likeness (QED) is 0.271. The molecule has 0 rings (SSSR count). The summed E-state index contributed by atoms with van der Waals surface area (Å²) in [5.41, 5.74) is 5.44. The summed E-state index contributed by atoms with van der Waals surface area (Å²) in [5, 5.41) is 8.03. The first-order valence-electron chi connectivity index (χ1n) is 9.65. The van der Waals surface area contributed by atoms with Crippen molar-refractivity contribution in [3.8, 4) is 0 Å². The van der Waals surface area contributed by atoms with Crippen LogP contribution in [0.25, 0.3) is 0 Å². The van der Waals surface area contributed by atoms with Crippen LogP contribution in [0.2, 0.25) is 0 Å². The van der Waals surface area contributed by atoms with E-state index in [1.165, 1.54) is 6.92 Å². The fraction of sp³-hybridized carbons (Fsp3) is 0.789. The lowest BCUT2D eigenvalue weighted by Gasteiger charge is -2.26. The maximum atomic E-state index is 12.6. The summed E-state index contributed by atoms with van der Waals surface area (Å²) in [7, 11) is 0. The Balaban J connectivity index is 5.02. The molecule has 156 valence electrons. The van der Waals surface area contributed by atoms with Crippen molar-refractivity contribution >= 4 is 24.0 Å². The molecule has 0 bridgehead atoms. The Morgan fingerprint density at radius 3 is 2.04 bits per heavy atom. The van der Waals surface area contributed by atoms with Crippen LogP contribution in [0.15, 0.2) is 0 Å². The second-order valence-corrected chi connectivity index (χ2v) is 7.65. The van der Waals surface area contributed by atoms with Crippen molar-refractivity contribution in [2.24, 2.45) is 17.6 Å². The SMILES string of the molecule is CC(=O)N[C@H](CC(C)C)C(=O)N[C@H](C(=O)N[C@@H](C=O)CCCCN)C(C)C. The first kappa shape index (κ1) is 25.0. The highest BCUT2D eigenvalue weighted by Crippen LogP contribution is 2.09. The molecular weight excluding hydrogens is 348 g/mol. The van der Waals surface area contributed by atoms with Crippen LogP contribution in [0.5, 0.6) is 0 Å². The van der Waals surface area contributed by atoms with Gasteiger partial charge >= 0.3 is 0 Å². The van der Waals surface area contributed by atoms with Gasteiger partial charge in [0.15, 0.2) is 0 Å². The molecule has 8 heteroatoms. The number of aldehydes is 1. The first-order valence-corrected chi connectivity index (χ1v) is 9.65. The standard InChI is InChI=1S/C19H36N4O4/c1-12(2)10-16(21-14(5)25)18(26)23-17(13(3)4)19(27)22-15(11-24)8-6-7-9-20/h11-13,15-17H,6-10,20H2,1-5H3,(H,21,25)(H,22,27)(H,23,26)/t15-,16-,17+/m1/s1. The maximum absolute atomic E-state index is 12.6. The van der Waals surface area contributed by atoms with Crippen LogP contribution in [-0.2, 0) is 19.2 Å².